The summed E-state index contributed by atoms with van der Waals surface area (Å²) in [5.41, 5.74) is 0. The number of hydrogen-bond donors (Lipinski definition) is 0. The molecular weight excluding hydrogens is 214 g/mol. The van der Waals surface area contributed by atoms with Crippen LogP contribution >= 0.6 is 11.8 Å². The fourth-order valence-electron chi connectivity index (χ4n) is 2.45. The van der Waals surface area contributed by atoms with E-state index in [1.54, 1.807) is 0 Å². The van der Waals surface area contributed by atoms with Gasteiger partial charge < -0.3 is 0 Å². The van der Waals surface area contributed by atoms with Gasteiger partial charge in [0, 0.05) is 23.2 Å². The zero-order chi connectivity index (χ0) is 11.2. The number of thioether (sulfide) groups is 1. The third-order valence-electron chi connectivity index (χ3n) is 3.36. The molecule has 1 fully saturated rings. The Hall–Kier alpha value is -0.470. The van der Waals surface area contributed by atoms with Crippen molar-refractivity contribution in [1.82, 2.24) is 4.90 Å². The molecule has 1 atom stereocenters. The summed E-state index contributed by atoms with van der Waals surface area (Å²) in [6, 6.07) is 11.6. The lowest BCUT2D eigenvalue weighted by molar-refractivity contribution is 0.264. The highest BCUT2D eigenvalue weighted by Crippen LogP contribution is 2.22. The van der Waals surface area contributed by atoms with Crippen LogP contribution in [0.25, 0.3) is 0 Å². The van der Waals surface area contributed by atoms with Crippen LogP contribution < -0.4 is 0 Å². The van der Waals surface area contributed by atoms with Gasteiger partial charge in [-0.25, -0.2) is 0 Å². The predicted octanol–water partition coefficient (Wildman–Crippen LogP) is 3.65. The molecule has 1 nitrogen and oxygen atoms in total. The largest absolute Gasteiger partial charge is 0.300 e. The number of benzene rings is 1. The van der Waals surface area contributed by atoms with E-state index < -0.39 is 0 Å². The van der Waals surface area contributed by atoms with E-state index >= 15 is 0 Å². The predicted molar refractivity (Wildman–Crippen MR) is 72.1 cm³/mol. The van der Waals surface area contributed by atoms with Crippen LogP contribution in [0.5, 0.6) is 0 Å². The van der Waals surface area contributed by atoms with Gasteiger partial charge in [-0.2, -0.15) is 0 Å². The fourth-order valence-corrected chi connectivity index (χ4v) is 3.36. The van der Waals surface area contributed by atoms with E-state index in [1.807, 2.05) is 11.8 Å². The van der Waals surface area contributed by atoms with Crippen molar-refractivity contribution in [3.05, 3.63) is 30.3 Å². The zero-order valence-corrected chi connectivity index (χ0v) is 10.9. The van der Waals surface area contributed by atoms with Crippen LogP contribution in [0, 0.1) is 0 Å². The van der Waals surface area contributed by atoms with Crippen LogP contribution in [0.3, 0.4) is 0 Å². The molecule has 1 aromatic rings. The Morgan fingerprint density at radius 2 is 2.12 bits per heavy atom. The van der Waals surface area contributed by atoms with Crippen LogP contribution in [0.15, 0.2) is 35.2 Å². The zero-order valence-electron chi connectivity index (χ0n) is 10.1. The van der Waals surface area contributed by atoms with Crippen LogP contribution in [0.2, 0.25) is 0 Å². The molecule has 0 aromatic heterocycles. The summed E-state index contributed by atoms with van der Waals surface area (Å²) < 4.78 is 0. The molecule has 2 rings (SSSR count). The molecule has 0 saturated carbocycles. The minimum atomic E-state index is 0.858. The minimum Gasteiger partial charge on any atom is -0.300 e. The first kappa shape index (κ1) is 12.0. The van der Waals surface area contributed by atoms with Crippen LogP contribution in [-0.4, -0.2) is 29.8 Å². The van der Waals surface area contributed by atoms with Crippen molar-refractivity contribution in [2.75, 3.05) is 18.8 Å². The van der Waals surface area contributed by atoms with Gasteiger partial charge in [-0.15, -0.1) is 11.8 Å². The Labute approximate surface area is 103 Å². The molecule has 1 heterocycles. The van der Waals surface area contributed by atoms with Gasteiger partial charge in [-0.3, -0.25) is 4.90 Å². The van der Waals surface area contributed by atoms with Crippen molar-refractivity contribution in [2.45, 2.75) is 37.1 Å². The molecular formula is C14H21NS. The van der Waals surface area contributed by atoms with Crippen molar-refractivity contribution in [2.24, 2.45) is 0 Å². The molecule has 0 amide bonds. The summed E-state index contributed by atoms with van der Waals surface area (Å²) in [6.45, 7) is 4.87. The summed E-state index contributed by atoms with van der Waals surface area (Å²) in [5.74, 6) is 1.22. The van der Waals surface area contributed by atoms with E-state index in [9.17, 15) is 0 Å². The van der Waals surface area contributed by atoms with Crippen molar-refractivity contribution in [3.8, 4) is 0 Å². The maximum Gasteiger partial charge on any atom is 0.0108 e. The lowest BCUT2D eigenvalue weighted by Crippen LogP contribution is -2.30. The summed E-state index contributed by atoms with van der Waals surface area (Å²) in [4.78, 5) is 4.06. The Balaban J connectivity index is 1.72. The normalized spacial score (nSPS) is 21.4. The monoisotopic (exact) mass is 235 g/mol. The lowest BCUT2D eigenvalue weighted by Gasteiger charge is -2.22. The van der Waals surface area contributed by atoms with Gasteiger partial charge in [-0.05, 0) is 37.9 Å². The summed E-state index contributed by atoms with van der Waals surface area (Å²) in [7, 11) is 0. The molecule has 1 aliphatic heterocycles. The average Bonchev–Trinajstić information content (AvgIpc) is 2.78. The van der Waals surface area contributed by atoms with Gasteiger partial charge in [0.05, 0.1) is 0 Å². The first-order valence-electron chi connectivity index (χ1n) is 6.32. The second kappa shape index (κ2) is 6.31. The quantitative estimate of drug-likeness (QED) is 0.717. The maximum absolute atomic E-state index is 2.66. The topological polar surface area (TPSA) is 3.24 Å². The van der Waals surface area contributed by atoms with E-state index in [2.05, 4.69) is 42.2 Å². The lowest BCUT2D eigenvalue weighted by atomic mass is 10.2. The molecule has 0 bridgehead atoms. The Morgan fingerprint density at radius 3 is 2.88 bits per heavy atom. The van der Waals surface area contributed by atoms with Gasteiger partial charge >= 0.3 is 0 Å². The van der Waals surface area contributed by atoms with Crippen molar-refractivity contribution in [1.29, 1.82) is 0 Å². The molecule has 1 saturated heterocycles. The number of nitrogens with zero attached hydrogens (tertiary/aromatic N) is 1. The van der Waals surface area contributed by atoms with Crippen LogP contribution in [0.4, 0.5) is 0 Å². The third-order valence-corrected chi connectivity index (χ3v) is 4.35. The second-order valence-corrected chi connectivity index (χ2v) is 5.57. The van der Waals surface area contributed by atoms with E-state index in [4.69, 9.17) is 0 Å². The highest BCUT2D eigenvalue weighted by Gasteiger charge is 2.21. The van der Waals surface area contributed by atoms with Gasteiger partial charge in [0.15, 0.2) is 0 Å². The number of rotatable bonds is 5. The van der Waals surface area contributed by atoms with Gasteiger partial charge in [0.2, 0.25) is 0 Å². The Morgan fingerprint density at radius 1 is 1.31 bits per heavy atom. The molecule has 1 aliphatic rings. The molecule has 1 unspecified atom stereocenters. The first-order valence-corrected chi connectivity index (χ1v) is 7.30. The maximum atomic E-state index is 2.66. The molecule has 88 valence electrons. The highest BCUT2D eigenvalue weighted by atomic mass is 32.2. The smallest absolute Gasteiger partial charge is 0.0108 e. The SMILES string of the molecule is CCC1CCCN1CCSc1ccccc1. The Kier molecular flexibility index (Phi) is 4.73. The molecule has 1 aromatic carbocycles. The highest BCUT2D eigenvalue weighted by molar-refractivity contribution is 7.99. The molecule has 0 spiro atoms. The molecule has 16 heavy (non-hydrogen) atoms. The number of hydrogen-bond acceptors (Lipinski definition) is 2. The summed E-state index contributed by atoms with van der Waals surface area (Å²) >= 11 is 1.98. The van der Waals surface area contributed by atoms with E-state index in [0.29, 0.717) is 0 Å². The van der Waals surface area contributed by atoms with Crippen molar-refractivity contribution in [3.63, 3.8) is 0 Å². The summed E-state index contributed by atoms with van der Waals surface area (Å²) in [5, 5.41) is 0. The molecule has 0 radical (unpaired) electrons. The molecule has 2 heteroatoms. The van der Waals surface area contributed by atoms with E-state index in [0.717, 1.165) is 6.04 Å². The van der Waals surface area contributed by atoms with Gasteiger partial charge in [-0.1, -0.05) is 25.1 Å². The fraction of sp³-hybridized carbons (Fsp3) is 0.571. The number of likely N-dealkylation sites (tertiary alicyclic amines) is 1. The average molecular weight is 235 g/mol. The Bertz CT molecular complexity index is 299. The summed E-state index contributed by atoms with van der Waals surface area (Å²) in [6.07, 6.45) is 4.12. The molecule has 0 aliphatic carbocycles. The van der Waals surface area contributed by atoms with E-state index in [-0.39, 0.29) is 0 Å². The van der Waals surface area contributed by atoms with E-state index in [1.165, 1.54) is 43.0 Å². The van der Waals surface area contributed by atoms with Crippen LogP contribution in [0.1, 0.15) is 26.2 Å². The molecule has 0 N–H and O–H groups in total. The standard InChI is InChI=1S/C14H21NS/c1-2-13-7-6-10-15(13)11-12-16-14-8-4-3-5-9-14/h3-5,8-9,13H,2,6-7,10-12H2,1H3. The minimum absolute atomic E-state index is 0.858. The van der Waals surface area contributed by atoms with Crippen molar-refractivity contribution < 1.29 is 0 Å². The van der Waals surface area contributed by atoms with Gasteiger partial charge in [0.1, 0.15) is 0 Å². The van der Waals surface area contributed by atoms with Crippen LogP contribution in [-0.2, 0) is 0 Å². The second-order valence-electron chi connectivity index (χ2n) is 4.40. The first-order chi connectivity index (χ1) is 7.90. The van der Waals surface area contributed by atoms with Crippen molar-refractivity contribution >= 4 is 11.8 Å². The van der Waals surface area contributed by atoms with Gasteiger partial charge in [0.25, 0.3) is 0 Å². The third kappa shape index (κ3) is 3.26.